The van der Waals surface area contributed by atoms with Gasteiger partial charge < -0.3 is 9.67 Å². The Morgan fingerprint density at radius 2 is 2.07 bits per heavy atom. The molecule has 1 aromatic heterocycles. The van der Waals surface area contributed by atoms with Gasteiger partial charge in [0.1, 0.15) is 0 Å². The summed E-state index contributed by atoms with van der Waals surface area (Å²) in [6, 6.07) is 3.97. The molecule has 0 saturated heterocycles. The Morgan fingerprint density at radius 3 is 2.67 bits per heavy atom. The van der Waals surface area contributed by atoms with Crippen LogP contribution in [0.15, 0.2) is 18.3 Å². The molecule has 3 heteroatoms. The third-order valence-electron chi connectivity index (χ3n) is 2.75. The van der Waals surface area contributed by atoms with Gasteiger partial charge in [0.05, 0.1) is 6.10 Å². The van der Waals surface area contributed by atoms with Crippen molar-refractivity contribution < 1.29 is 5.11 Å². The fourth-order valence-electron chi connectivity index (χ4n) is 1.87. The summed E-state index contributed by atoms with van der Waals surface area (Å²) in [6.45, 7) is 3.75. The van der Waals surface area contributed by atoms with Gasteiger partial charge in [0.25, 0.3) is 0 Å². The van der Waals surface area contributed by atoms with Gasteiger partial charge >= 0.3 is 0 Å². The molecule has 15 heavy (non-hydrogen) atoms. The summed E-state index contributed by atoms with van der Waals surface area (Å²) in [5.41, 5.74) is 3.05. The first-order valence-electron chi connectivity index (χ1n) is 4.94. The number of hydrogen-bond acceptors (Lipinski definition) is 1. The molecule has 80 valence electrons. The normalized spacial score (nSPS) is 13.4. The first kappa shape index (κ1) is 10.5. The summed E-state index contributed by atoms with van der Waals surface area (Å²) < 4.78 is 1.99. The van der Waals surface area contributed by atoms with E-state index in [1.807, 2.05) is 36.9 Å². The zero-order valence-corrected chi connectivity index (χ0v) is 9.84. The number of aromatic nitrogens is 1. The van der Waals surface area contributed by atoms with Gasteiger partial charge in [-0.1, -0.05) is 11.6 Å². The van der Waals surface area contributed by atoms with Crippen molar-refractivity contribution in [2.45, 2.75) is 20.0 Å². The van der Waals surface area contributed by atoms with Gasteiger partial charge in [-0.3, -0.25) is 0 Å². The van der Waals surface area contributed by atoms with Crippen LogP contribution in [0.1, 0.15) is 24.2 Å². The zero-order chi connectivity index (χ0) is 11.2. The molecule has 2 rings (SSSR count). The van der Waals surface area contributed by atoms with Crippen LogP contribution in [-0.4, -0.2) is 9.67 Å². The Balaban J connectivity index is 2.82. The number of rotatable bonds is 1. The number of aliphatic hydroxyl groups is 1. The topological polar surface area (TPSA) is 25.2 Å². The highest BCUT2D eigenvalue weighted by atomic mass is 35.5. The molecule has 1 atom stereocenters. The van der Waals surface area contributed by atoms with Crippen LogP contribution in [0.2, 0.25) is 5.02 Å². The molecule has 0 bridgehead atoms. The molecule has 0 aliphatic heterocycles. The van der Waals surface area contributed by atoms with Crippen molar-refractivity contribution >= 4 is 22.5 Å². The van der Waals surface area contributed by atoms with E-state index in [2.05, 4.69) is 0 Å². The van der Waals surface area contributed by atoms with E-state index in [4.69, 9.17) is 11.6 Å². The van der Waals surface area contributed by atoms with E-state index in [1.165, 1.54) is 0 Å². The standard InChI is InChI=1S/C12H14ClNO/c1-7-4-9-10(8(2)15)6-14(3)12(9)5-11(7)13/h4-6,8,15H,1-3H3. The van der Waals surface area contributed by atoms with Crippen LogP contribution in [0.4, 0.5) is 0 Å². The first-order valence-corrected chi connectivity index (χ1v) is 5.31. The summed E-state index contributed by atoms with van der Waals surface area (Å²) in [7, 11) is 1.96. The lowest BCUT2D eigenvalue weighted by Gasteiger charge is -2.03. The molecule has 1 N–H and O–H groups in total. The number of benzene rings is 1. The Morgan fingerprint density at radius 1 is 1.40 bits per heavy atom. The summed E-state index contributed by atoms with van der Waals surface area (Å²) in [5, 5.41) is 11.5. The minimum Gasteiger partial charge on any atom is -0.389 e. The molecule has 0 saturated carbocycles. The fourth-order valence-corrected chi connectivity index (χ4v) is 2.03. The average Bonchev–Trinajstić information content (AvgIpc) is 2.45. The van der Waals surface area contributed by atoms with E-state index in [0.717, 1.165) is 27.1 Å². The Bertz CT molecular complexity index is 514. The minimum absolute atomic E-state index is 0.450. The number of nitrogens with zero attached hydrogens (tertiary/aromatic N) is 1. The Labute approximate surface area is 94.1 Å². The van der Waals surface area contributed by atoms with Crippen molar-refractivity contribution in [1.29, 1.82) is 0 Å². The molecule has 0 radical (unpaired) electrons. The third-order valence-corrected chi connectivity index (χ3v) is 3.16. The molecule has 1 aromatic carbocycles. The van der Waals surface area contributed by atoms with Gasteiger partial charge in [-0.05, 0) is 31.5 Å². The zero-order valence-electron chi connectivity index (χ0n) is 9.08. The van der Waals surface area contributed by atoms with Gasteiger partial charge in [0.15, 0.2) is 0 Å². The number of hydrogen-bond donors (Lipinski definition) is 1. The van der Waals surface area contributed by atoms with Crippen molar-refractivity contribution in [3.8, 4) is 0 Å². The predicted molar refractivity (Wildman–Crippen MR) is 63.3 cm³/mol. The molecular formula is C12H14ClNO. The van der Waals surface area contributed by atoms with Gasteiger partial charge in [0, 0.05) is 34.7 Å². The third kappa shape index (κ3) is 1.64. The van der Waals surface area contributed by atoms with Crippen molar-refractivity contribution in [1.82, 2.24) is 4.57 Å². The van der Waals surface area contributed by atoms with Crippen LogP contribution in [0.25, 0.3) is 10.9 Å². The minimum atomic E-state index is -0.450. The SMILES string of the molecule is Cc1cc2c(C(C)O)cn(C)c2cc1Cl. The number of fused-ring (bicyclic) bond motifs is 1. The van der Waals surface area contributed by atoms with Gasteiger partial charge in [-0.25, -0.2) is 0 Å². The van der Waals surface area contributed by atoms with E-state index >= 15 is 0 Å². The van der Waals surface area contributed by atoms with Crippen molar-refractivity contribution in [3.63, 3.8) is 0 Å². The fraction of sp³-hybridized carbons (Fsp3) is 0.333. The Kier molecular flexibility index (Phi) is 2.49. The van der Waals surface area contributed by atoms with Gasteiger partial charge in [-0.15, -0.1) is 0 Å². The van der Waals surface area contributed by atoms with E-state index in [-0.39, 0.29) is 0 Å². The molecule has 1 unspecified atom stereocenters. The van der Waals surface area contributed by atoms with Gasteiger partial charge in [-0.2, -0.15) is 0 Å². The average molecular weight is 224 g/mol. The lowest BCUT2D eigenvalue weighted by atomic mass is 10.1. The molecule has 0 fully saturated rings. The van der Waals surface area contributed by atoms with E-state index in [0.29, 0.717) is 0 Å². The van der Waals surface area contributed by atoms with E-state index in [9.17, 15) is 5.11 Å². The highest BCUT2D eigenvalue weighted by Gasteiger charge is 2.12. The number of aliphatic hydroxyl groups excluding tert-OH is 1. The molecule has 0 aliphatic carbocycles. The van der Waals surface area contributed by atoms with Crippen molar-refractivity contribution in [2.75, 3.05) is 0 Å². The van der Waals surface area contributed by atoms with E-state index in [1.54, 1.807) is 6.92 Å². The molecule has 0 amide bonds. The lowest BCUT2D eigenvalue weighted by Crippen LogP contribution is -1.88. The second-order valence-electron chi connectivity index (χ2n) is 3.99. The maximum absolute atomic E-state index is 9.65. The van der Waals surface area contributed by atoms with Crippen molar-refractivity contribution in [2.24, 2.45) is 7.05 Å². The quantitative estimate of drug-likeness (QED) is 0.789. The summed E-state index contributed by atoms with van der Waals surface area (Å²) in [6.07, 6.45) is 1.50. The van der Waals surface area contributed by atoms with Crippen LogP contribution in [0.3, 0.4) is 0 Å². The maximum Gasteiger partial charge on any atom is 0.0782 e. The van der Waals surface area contributed by atoms with Crippen LogP contribution < -0.4 is 0 Å². The number of aryl methyl sites for hydroxylation is 2. The van der Waals surface area contributed by atoms with E-state index < -0.39 is 6.10 Å². The molecule has 0 aliphatic rings. The maximum atomic E-state index is 9.65. The summed E-state index contributed by atoms with van der Waals surface area (Å²) >= 11 is 6.07. The first-order chi connectivity index (χ1) is 7.00. The monoisotopic (exact) mass is 223 g/mol. The molecule has 1 heterocycles. The number of halogens is 1. The van der Waals surface area contributed by atoms with Crippen LogP contribution in [-0.2, 0) is 7.05 Å². The van der Waals surface area contributed by atoms with Crippen LogP contribution >= 0.6 is 11.6 Å². The second kappa shape index (κ2) is 3.54. The molecule has 2 aromatic rings. The van der Waals surface area contributed by atoms with Crippen LogP contribution in [0.5, 0.6) is 0 Å². The van der Waals surface area contributed by atoms with Crippen LogP contribution in [0, 0.1) is 6.92 Å². The summed E-state index contributed by atoms with van der Waals surface area (Å²) in [4.78, 5) is 0. The Hall–Kier alpha value is -0.990. The van der Waals surface area contributed by atoms with Crippen molar-refractivity contribution in [3.05, 3.63) is 34.5 Å². The highest BCUT2D eigenvalue weighted by molar-refractivity contribution is 6.32. The van der Waals surface area contributed by atoms with Gasteiger partial charge in [0.2, 0.25) is 0 Å². The predicted octanol–water partition coefficient (Wildman–Crippen LogP) is 3.19. The molecular weight excluding hydrogens is 210 g/mol. The smallest absolute Gasteiger partial charge is 0.0782 e. The highest BCUT2D eigenvalue weighted by Crippen LogP contribution is 2.30. The second-order valence-corrected chi connectivity index (χ2v) is 4.40. The summed E-state index contributed by atoms with van der Waals surface area (Å²) in [5.74, 6) is 0. The molecule has 0 spiro atoms. The largest absolute Gasteiger partial charge is 0.389 e. The lowest BCUT2D eigenvalue weighted by molar-refractivity contribution is 0.200. The molecule has 2 nitrogen and oxygen atoms in total.